The summed E-state index contributed by atoms with van der Waals surface area (Å²) in [6.45, 7) is 0. The number of benzene rings is 2. The van der Waals surface area contributed by atoms with Crippen LogP contribution in [-0.4, -0.2) is 11.2 Å². The number of hydrogen-bond donors (Lipinski definition) is 0. The monoisotopic (exact) mass is 304 g/mol. The van der Waals surface area contributed by atoms with Crippen molar-refractivity contribution in [1.82, 2.24) is 4.98 Å². The highest BCUT2D eigenvalue weighted by Gasteiger charge is 2.17. The molecule has 2 nitrogen and oxygen atoms in total. The largest absolute Gasteiger partial charge is 0.255 e. The predicted octanol–water partition coefficient (Wildman–Crippen LogP) is 5.00. The molecular formula is C20H17FN2. The summed E-state index contributed by atoms with van der Waals surface area (Å²) < 4.78 is 13.8. The van der Waals surface area contributed by atoms with Crippen LogP contribution in [0.15, 0.2) is 53.5 Å². The maximum Gasteiger partial charge on any atom is 0.131 e. The first-order valence-electron chi connectivity index (χ1n) is 8.02. The second-order valence-electron chi connectivity index (χ2n) is 5.89. The van der Waals surface area contributed by atoms with Crippen LogP contribution >= 0.6 is 0 Å². The Labute approximate surface area is 134 Å². The predicted molar refractivity (Wildman–Crippen MR) is 92.0 cm³/mol. The van der Waals surface area contributed by atoms with E-state index in [9.17, 15) is 4.39 Å². The molecule has 114 valence electrons. The Morgan fingerprint density at radius 1 is 0.957 bits per heavy atom. The topological polar surface area (TPSA) is 25.2 Å². The second-order valence-corrected chi connectivity index (χ2v) is 5.89. The van der Waals surface area contributed by atoms with Crippen molar-refractivity contribution in [3.8, 4) is 0 Å². The maximum atomic E-state index is 13.8. The summed E-state index contributed by atoms with van der Waals surface area (Å²) in [4.78, 5) is 9.47. The molecule has 23 heavy (non-hydrogen) atoms. The lowest BCUT2D eigenvalue weighted by Crippen LogP contribution is -2.06. The third-order valence-electron chi connectivity index (χ3n) is 4.38. The molecule has 0 spiro atoms. The van der Waals surface area contributed by atoms with Gasteiger partial charge in [0.15, 0.2) is 0 Å². The van der Waals surface area contributed by atoms with Gasteiger partial charge < -0.3 is 0 Å². The Balaban J connectivity index is 1.89. The van der Waals surface area contributed by atoms with Crippen LogP contribution in [0, 0.1) is 5.82 Å². The Morgan fingerprint density at radius 2 is 1.74 bits per heavy atom. The lowest BCUT2D eigenvalue weighted by Gasteiger charge is -2.18. The number of para-hydroxylation sites is 1. The van der Waals surface area contributed by atoms with Crippen LogP contribution < -0.4 is 0 Å². The van der Waals surface area contributed by atoms with Crippen molar-refractivity contribution in [3.63, 3.8) is 0 Å². The number of aliphatic imine (C=N–C) groups is 1. The Bertz CT molecular complexity index is 899. The van der Waals surface area contributed by atoms with E-state index in [1.54, 1.807) is 18.3 Å². The molecule has 1 aliphatic rings. The van der Waals surface area contributed by atoms with Gasteiger partial charge in [-0.25, -0.2) is 4.39 Å². The van der Waals surface area contributed by atoms with Gasteiger partial charge in [-0.05, 0) is 43.4 Å². The zero-order valence-corrected chi connectivity index (χ0v) is 12.8. The number of fused-ring (bicyclic) bond motifs is 2. The van der Waals surface area contributed by atoms with Crippen molar-refractivity contribution in [2.24, 2.45) is 4.99 Å². The van der Waals surface area contributed by atoms with Crippen LogP contribution in [0.5, 0.6) is 0 Å². The average Bonchev–Trinajstić information content (AvgIpc) is 2.60. The van der Waals surface area contributed by atoms with Gasteiger partial charge in [-0.2, -0.15) is 0 Å². The molecule has 0 N–H and O–H groups in total. The lowest BCUT2D eigenvalue weighted by atomic mass is 9.93. The highest BCUT2D eigenvalue weighted by atomic mass is 19.1. The van der Waals surface area contributed by atoms with Crippen LogP contribution in [0.1, 0.15) is 29.7 Å². The number of nitrogens with zero attached hydrogens (tertiary/aromatic N) is 2. The van der Waals surface area contributed by atoms with E-state index < -0.39 is 0 Å². The zero-order valence-electron chi connectivity index (χ0n) is 12.8. The van der Waals surface area contributed by atoms with Crippen molar-refractivity contribution in [2.45, 2.75) is 25.7 Å². The molecule has 0 aliphatic heterocycles. The summed E-state index contributed by atoms with van der Waals surface area (Å²) in [5.41, 5.74) is 4.80. The van der Waals surface area contributed by atoms with Crippen LogP contribution in [0.3, 0.4) is 0 Å². The molecule has 1 aromatic heterocycles. The Hall–Kier alpha value is -2.55. The van der Waals surface area contributed by atoms with Gasteiger partial charge in [-0.15, -0.1) is 0 Å². The molecule has 0 saturated carbocycles. The van der Waals surface area contributed by atoms with Gasteiger partial charge in [0.05, 0.1) is 11.2 Å². The molecule has 0 fully saturated rings. The van der Waals surface area contributed by atoms with Gasteiger partial charge in [0.1, 0.15) is 5.82 Å². The van der Waals surface area contributed by atoms with E-state index >= 15 is 0 Å². The minimum absolute atomic E-state index is 0.247. The first kappa shape index (κ1) is 14.1. The van der Waals surface area contributed by atoms with Gasteiger partial charge >= 0.3 is 0 Å². The normalized spacial score (nSPS) is 14.3. The van der Waals surface area contributed by atoms with E-state index in [2.05, 4.69) is 4.99 Å². The van der Waals surface area contributed by atoms with Crippen LogP contribution in [0.4, 0.5) is 10.1 Å². The zero-order chi connectivity index (χ0) is 15.6. The highest BCUT2D eigenvalue weighted by molar-refractivity contribution is 5.95. The second kappa shape index (κ2) is 5.92. The van der Waals surface area contributed by atoms with Crippen molar-refractivity contribution in [3.05, 3.63) is 71.2 Å². The quantitative estimate of drug-likeness (QED) is 0.611. The van der Waals surface area contributed by atoms with Gasteiger partial charge in [-0.1, -0.05) is 36.4 Å². The number of rotatable bonds is 2. The molecule has 1 heterocycles. The number of aromatic nitrogens is 1. The first-order valence-corrected chi connectivity index (χ1v) is 8.02. The summed E-state index contributed by atoms with van der Waals surface area (Å²) >= 11 is 0. The average molecular weight is 304 g/mol. The fraction of sp³-hybridized carbons (Fsp3) is 0.200. The number of halogens is 1. The van der Waals surface area contributed by atoms with Crippen LogP contribution in [0.2, 0.25) is 0 Å². The van der Waals surface area contributed by atoms with Crippen molar-refractivity contribution >= 4 is 22.8 Å². The summed E-state index contributed by atoms with van der Waals surface area (Å²) in [5, 5.41) is 1.04. The molecule has 0 amide bonds. The molecule has 4 rings (SSSR count). The third-order valence-corrected chi connectivity index (χ3v) is 4.38. The van der Waals surface area contributed by atoms with E-state index in [0.717, 1.165) is 41.5 Å². The molecule has 0 unspecified atom stereocenters. The highest BCUT2D eigenvalue weighted by Crippen LogP contribution is 2.35. The van der Waals surface area contributed by atoms with Crippen LogP contribution in [0.25, 0.3) is 10.9 Å². The van der Waals surface area contributed by atoms with Crippen LogP contribution in [-0.2, 0) is 12.8 Å². The lowest BCUT2D eigenvalue weighted by molar-refractivity contribution is 0.626. The van der Waals surface area contributed by atoms with Crippen molar-refractivity contribution in [1.29, 1.82) is 0 Å². The fourth-order valence-electron chi connectivity index (χ4n) is 3.21. The minimum Gasteiger partial charge on any atom is -0.255 e. The van der Waals surface area contributed by atoms with Gasteiger partial charge in [-0.3, -0.25) is 9.98 Å². The smallest absolute Gasteiger partial charge is 0.131 e. The van der Waals surface area contributed by atoms with Gasteiger partial charge in [0, 0.05) is 22.9 Å². The number of aryl methyl sites for hydroxylation is 1. The fourth-order valence-corrected chi connectivity index (χ4v) is 3.21. The molecule has 0 bridgehead atoms. The Morgan fingerprint density at radius 3 is 2.65 bits per heavy atom. The standard InChI is InChI=1S/C20H17FN2/c21-17-10-4-1-7-14(17)13-22-20-15-8-2-5-11-18(15)23-19-12-6-3-9-16(19)20/h1-2,4-5,7-8,10-11,13H,3,6,9,12H2/b22-13+. The number of pyridine rings is 1. The van der Waals surface area contributed by atoms with Crippen molar-refractivity contribution < 1.29 is 4.39 Å². The molecule has 2 aromatic carbocycles. The minimum atomic E-state index is -0.247. The van der Waals surface area contributed by atoms with E-state index in [1.165, 1.54) is 18.1 Å². The Kier molecular flexibility index (Phi) is 3.62. The summed E-state index contributed by atoms with van der Waals surface area (Å²) in [6, 6.07) is 14.8. The summed E-state index contributed by atoms with van der Waals surface area (Å²) in [5.74, 6) is -0.247. The van der Waals surface area contributed by atoms with E-state index in [0.29, 0.717) is 5.56 Å². The maximum absolute atomic E-state index is 13.8. The van der Waals surface area contributed by atoms with Gasteiger partial charge in [0.2, 0.25) is 0 Å². The first-order chi connectivity index (χ1) is 11.3. The molecule has 0 atom stereocenters. The molecule has 0 saturated heterocycles. The SMILES string of the molecule is Fc1ccccc1/C=N/c1c2c(nc3ccccc13)CCCC2. The summed E-state index contributed by atoms with van der Waals surface area (Å²) in [7, 11) is 0. The molecular weight excluding hydrogens is 287 g/mol. The molecule has 1 aliphatic carbocycles. The van der Waals surface area contributed by atoms with E-state index in [-0.39, 0.29) is 5.82 Å². The third kappa shape index (κ3) is 2.63. The summed E-state index contributed by atoms with van der Waals surface area (Å²) in [6.07, 6.45) is 5.97. The molecule has 3 heteroatoms. The van der Waals surface area contributed by atoms with E-state index in [4.69, 9.17) is 4.98 Å². The van der Waals surface area contributed by atoms with Crippen molar-refractivity contribution in [2.75, 3.05) is 0 Å². The van der Waals surface area contributed by atoms with E-state index in [1.807, 2.05) is 30.3 Å². The van der Waals surface area contributed by atoms with Gasteiger partial charge in [0.25, 0.3) is 0 Å². The number of hydrogen-bond acceptors (Lipinski definition) is 2. The molecule has 3 aromatic rings. The molecule has 0 radical (unpaired) electrons.